The zero-order chi connectivity index (χ0) is 17.8. The van der Waals surface area contributed by atoms with Gasteiger partial charge in [-0.1, -0.05) is 0 Å². The minimum atomic E-state index is 0.356. The zero-order valence-electron chi connectivity index (χ0n) is 17.0. The third-order valence-electron chi connectivity index (χ3n) is 3.98. The van der Waals surface area contributed by atoms with Crippen molar-refractivity contribution in [2.75, 3.05) is 82.6 Å². The Balaban J connectivity index is 4.56. The summed E-state index contributed by atoms with van der Waals surface area (Å²) in [5.41, 5.74) is 0. The second-order valence-corrected chi connectivity index (χ2v) is 7.75. The van der Waals surface area contributed by atoms with Crippen LogP contribution in [0.5, 0.6) is 0 Å². The van der Waals surface area contributed by atoms with Gasteiger partial charge in [0.05, 0.1) is 12.2 Å². The van der Waals surface area contributed by atoms with E-state index in [0.717, 1.165) is 51.9 Å². The van der Waals surface area contributed by atoms with Crippen molar-refractivity contribution < 1.29 is 4.74 Å². The molecule has 5 nitrogen and oxygen atoms in total. The first-order valence-electron chi connectivity index (χ1n) is 8.95. The van der Waals surface area contributed by atoms with Crippen LogP contribution >= 0.6 is 0 Å². The van der Waals surface area contributed by atoms with Crippen LogP contribution in [0.15, 0.2) is 0 Å². The highest BCUT2D eigenvalue weighted by Crippen LogP contribution is 2.14. The van der Waals surface area contributed by atoms with Crippen molar-refractivity contribution in [1.82, 2.24) is 19.6 Å². The van der Waals surface area contributed by atoms with Crippen molar-refractivity contribution in [3.63, 3.8) is 0 Å². The Morgan fingerprint density at radius 3 is 0.870 bits per heavy atom. The Labute approximate surface area is 145 Å². The molecule has 0 heterocycles. The first-order valence-corrected chi connectivity index (χ1v) is 8.95. The monoisotopic (exact) mass is 330 g/mol. The number of ether oxygens (including phenoxy) is 1. The molecule has 5 heteroatoms. The van der Waals surface area contributed by atoms with E-state index in [1.807, 2.05) is 0 Å². The minimum absolute atomic E-state index is 0.356. The lowest BCUT2D eigenvalue weighted by Gasteiger charge is -2.28. The van der Waals surface area contributed by atoms with Gasteiger partial charge in [0.25, 0.3) is 0 Å². The summed E-state index contributed by atoms with van der Waals surface area (Å²) in [6.45, 7) is 4.36. The summed E-state index contributed by atoms with van der Waals surface area (Å²) < 4.78 is 6.55. The van der Waals surface area contributed by atoms with Crippen LogP contribution in [-0.4, -0.2) is 114 Å². The molecule has 0 aliphatic rings. The van der Waals surface area contributed by atoms with Gasteiger partial charge in [-0.05, 0) is 108 Å². The first-order chi connectivity index (χ1) is 10.7. The van der Waals surface area contributed by atoms with Crippen molar-refractivity contribution in [3.05, 3.63) is 0 Å². The Bertz CT molecular complexity index is 220. The predicted octanol–water partition coefficient (Wildman–Crippen LogP) is 1.55. The lowest BCUT2D eigenvalue weighted by Crippen LogP contribution is -2.32. The van der Waals surface area contributed by atoms with Gasteiger partial charge >= 0.3 is 0 Å². The largest absolute Gasteiger partial charge is 0.375 e. The summed E-state index contributed by atoms with van der Waals surface area (Å²) in [7, 11) is 17.1. The molecule has 0 spiro atoms. The summed E-state index contributed by atoms with van der Waals surface area (Å²) in [5, 5.41) is 0. The van der Waals surface area contributed by atoms with Gasteiger partial charge in [-0.15, -0.1) is 0 Å². The summed E-state index contributed by atoms with van der Waals surface area (Å²) in [5.74, 6) is 0. The molecule has 23 heavy (non-hydrogen) atoms. The smallest absolute Gasteiger partial charge is 0.0603 e. The molecule has 0 atom stereocenters. The average molecular weight is 331 g/mol. The Hall–Kier alpha value is -0.200. The van der Waals surface area contributed by atoms with E-state index in [0.29, 0.717) is 12.2 Å². The van der Waals surface area contributed by atoms with E-state index < -0.39 is 0 Å². The molecule has 140 valence electrons. The molecule has 0 saturated heterocycles. The molecular weight excluding hydrogens is 288 g/mol. The Morgan fingerprint density at radius 2 is 0.696 bits per heavy atom. The average Bonchev–Trinajstić information content (AvgIpc) is 2.43. The van der Waals surface area contributed by atoms with E-state index in [9.17, 15) is 0 Å². The highest BCUT2D eigenvalue weighted by molar-refractivity contribution is 4.69. The van der Waals surface area contributed by atoms with Crippen molar-refractivity contribution in [1.29, 1.82) is 0 Å². The van der Waals surface area contributed by atoms with Gasteiger partial charge in [-0.25, -0.2) is 0 Å². The number of nitrogens with zero attached hydrogens (tertiary/aromatic N) is 4. The quantitative estimate of drug-likeness (QED) is 0.481. The molecule has 0 rings (SSSR count). The first kappa shape index (κ1) is 22.8. The Morgan fingerprint density at radius 1 is 0.478 bits per heavy atom. The second kappa shape index (κ2) is 13.1. The van der Waals surface area contributed by atoms with Crippen LogP contribution in [0, 0.1) is 0 Å². The van der Waals surface area contributed by atoms with E-state index in [1.165, 1.54) is 0 Å². The Kier molecular flexibility index (Phi) is 13.0. The van der Waals surface area contributed by atoms with E-state index in [1.54, 1.807) is 0 Å². The second-order valence-electron chi connectivity index (χ2n) is 7.75. The summed E-state index contributed by atoms with van der Waals surface area (Å²) in [6.07, 6.45) is 5.16. The molecule has 0 fully saturated rings. The maximum atomic E-state index is 6.55. The molecule has 0 N–H and O–H groups in total. The van der Waals surface area contributed by atoms with Crippen molar-refractivity contribution >= 4 is 0 Å². The van der Waals surface area contributed by atoms with Gasteiger partial charge in [0.2, 0.25) is 0 Å². The van der Waals surface area contributed by atoms with Crippen LogP contribution in [0.4, 0.5) is 0 Å². The molecular formula is C18H42N4O. The fraction of sp³-hybridized carbons (Fsp3) is 1.00. The molecule has 0 saturated carbocycles. The van der Waals surface area contributed by atoms with Gasteiger partial charge in [0, 0.05) is 0 Å². The van der Waals surface area contributed by atoms with E-state index in [4.69, 9.17) is 4.74 Å². The summed E-state index contributed by atoms with van der Waals surface area (Å²) in [6, 6.07) is 0. The predicted molar refractivity (Wildman–Crippen MR) is 101 cm³/mol. The maximum Gasteiger partial charge on any atom is 0.0603 e. The molecule has 0 aliphatic heterocycles. The number of hydrogen-bond donors (Lipinski definition) is 0. The maximum absolute atomic E-state index is 6.55. The molecule has 0 aromatic carbocycles. The van der Waals surface area contributed by atoms with E-state index in [2.05, 4.69) is 76.0 Å². The molecule has 0 aliphatic carbocycles. The number of hydrogen-bond acceptors (Lipinski definition) is 5. The van der Waals surface area contributed by atoms with Crippen LogP contribution in [0.2, 0.25) is 0 Å². The minimum Gasteiger partial charge on any atom is -0.375 e. The van der Waals surface area contributed by atoms with Gasteiger partial charge in [0.1, 0.15) is 0 Å². The normalized spacial score (nSPS) is 12.8. The SMILES string of the molecule is CN(C)CCC(CCN(C)C)OC(CCN(C)C)CCN(C)C. The third-order valence-corrected chi connectivity index (χ3v) is 3.98. The fourth-order valence-corrected chi connectivity index (χ4v) is 2.44. The molecule has 0 unspecified atom stereocenters. The molecule has 0 aromatic rings. The molecule has 0 aromatic heterocycles. The molecule has 0 bridgehead atoms. The van der Waals surface area contributed by atoms with Gasteiger partial charge < -0.3 is 24.3 Å². The lowest BCUT2D eigenvalue weighted by atomic mass is 10.1. The van der Waals surface area contributed by atoms with Crippen molar-refractivity contribution in [3.8, 4) is 0 Å². The van der Waals surface area contributed by atoms with E-state index >= 15 is 0 Å². The standard InChI is InChI=1S/C18H42N4O/c1-19(2)13-9-17(10-14-20(3)4)23-18(11-15-21(5)6)12-16-22(7)8/h17-18H,9-16H2,1-8H3. The lowest BCUT2D eigenvalue weighted by molar-refractivity contribution is -0.0372. The number of rotatable bonds is 14. The molecule has 0 amide bonds. The highest BCUT2D eigenvalue weighted by Gasteiger charge is 2.18. The van der Waals surface area contributed by atoms with Crippen LogP contribution in [0.1, 0.15) is 25.7 Å². The van der Waals surface area contributed by atoms with Gasteiger partial charge in [-0.3, -0.25) is 0 Å². The van der Waals surface area contributed by atoms with Crippen LogP contribution < -0.4 is 0 Å². The summed E-state index contributed by atoms with van der Waals surface area (Å²) in [4.78, 5) is 9.00. The zero-order valence-corrected chi connectivity index (χ0v) is 17.0. The van der Waals surface area contributed by atoms with Crippen LogP contribution in [0.25, 0.3) is 0 Å². The fourth-order valence-electron chi connectivity index (χ4n) is 2.44. The van der Waals surface area contributed by atoms with Crippen molar-refractivity contribution in [2.24, 2.45) is 0 Å². The summed E-state index contributed by atoms with van der Waals surface area (Å²) >= 11 is 0. The van der Waals surface area contributed by atoms with Gasteiger partial charge in [-0.2, -0.15) is 0 Å². The van der Waals surface area contributed by atoms with Crippen LogP contribution in [0.3, 0.4) is 0 Å². The third kappa shape index (κ3) is 15.1. The topological polar surface area (TPSA) is 22.2 Å². The van der Waals surface area contributed by atoms with E-state index in [-0.39, 0.29) is 0 Å². The van der Waals surface area contributed by atoms with Gasteiger partial charge in [0.15, 0.2) is 0 Å². The van der Waals surface area contributed by atoms with Crippen LogP contribution in [-0.2, 0) is 4.74 Å². The highest BCUT2D eigenvalue weighted by atomic mass is 16.5. The molecule has 0 radical (unpaired) electrons. The van der Waals surface area contributed by atoms with Crippen molar-refractivity contribution in [2.45, 2.75) is 37.9 Å².